The van der Waals surface area contributed by atoms with Gasteiger partial charge in [0.2, 0.25) is 0 Å². The highest BCUT2D eigenvalue weighted by atomic mass is 35.5. The number of aryl methyl sites for hydroxylation is 1. The van der Waals surface area contributed by atoms with E-state index in [1.54, 1.807) is 0 Å². The van der Waals surface area contributed by atoms with Gasteiger partial charge >= 0.3 is 0 Å². The first-order chi connectivity index (χ1) is 9.56. The highest BCUT2D eigenvalue weighted by molar-refractivity contribution is 6.33. The van der Waals surface area contributed by atoms with E-state index in [9.17, 15) is 4.39 Å². The molecule has 3 rings (SSSR count). The van der Waals surface area contributed by atoms with Crippen molar-refractivity contribution in [3.05, 3.63) is 39.9 Å². The van der Waals surface area contributed by atoms with Gasteiger partial charge in [0.15, 0.2) is 21.9 Å². The second-order valence-electron chi connectivity index (χ2n) is 4.81. The number of hydrogen-bond donors (Lipinski definition) is 0. The number of hydrogen-bond acceptors (Lipinski definition) is 3. The van der Waals surface area contributed by atoms with Crippen LogP contribution in [0.5, 0.6) is 0 Å². The summed E-state index contributed by atoms with van der Waals surface area (Å²) in [6, 6.07) is 5.95. The van der Waals surface area contributed by atoms with Crippen LogP contribution in [0, 0.1) is 5.82 Å². The molecule has 0 saturated heterocycles. The number of anilines is 1. The minimum absolute atomic E-state index is 0.255. The second-order valence-corrected chi connectivity index (χ2v) is 5.53. The fraction of sp³-hybridized carbons (Fsp3) is 0.286. The second kappa shape index (κ2) is 5.19. The van der Waals surface area contributed by atoms with Crippen LogP contribution >= 0.6 is 23.2 Å². The SMILES string of the molecule is CN1CCCc2cc(-c3nc(Cl)c(F)c(Cl)n3)ccc21. The van der Waals surface area contributed by atoms with Crippen molar-refractivity contribution in [1.29, 1.82) is 0 Å². The molecule has 1 aromatic carbocycles. The standard InChI is InChI=1S/C14H12Cl2FN3/c1-20-6-2-3-8-7-9(4-5-10(8)20)14-18-12(15)11(17)13(16)19-14/h4-5,7H,2-3,6H2,1H3. The molecular weight excluding hydrogens is 300 g/mol. The van der Waals surface area contributed by atoms with Crippen molar-refractivity contribution in [3.63, 3.8) is 0 Å². The van der Waals surface area contributed by atoms with Crippen molar-refractivity contribution in [2.45, 2.75) is 12.8 Å². The van der Waals surface area contributed by atoms with E-state index in [0.717, 1.165) is 24.9 Å². The summed E-state index contributed by atoms with van der Waals surface area (Å²) in [5, 5.41) is -0.510. The van der Waals surface area contributed by atoms with E-state index >= 15 is 0 Å². The summed E-state index contributed by atoms with van der Waals surface area (Å²) in [6.45, 7) is 1.05. The monoisotopic (exact) mass is 311 g/mol. The molecule has 0 spiro atoms. The van der Waals surface area contributed by atoms with E-state index in [1.165, 1.54) is 11.3 Å². The van der Waals surface area contributed by atoms with Crippen LogP contribution in [0.25, 0.3) is 11.4 Å². The van der Waals surface area contributed by atoms with Gasteiger partial charge in [-0.05, 0) is 36.6 Å². The number of benzene rings is 1. The van der Waals surface area contributed by atoms with Crippen LogP contribution in [-0.4, -0.2) is 23.6 Å². The van der Waals surface area contributed by atoms with Crippen LogP contribution in [0.2, 0.25) is 10.3 Å². The molecule has 0 fully saturated rings. The Morgan fingerprint density at radius 3 is 2.60 bits per heavy atom. The average Bonchev–Trinajstić information content (AvgIpc) is 2.44. The molecule has 0 unspecified atom stereocenters. The summed E-state index contributed by atoms with van der Waals surface area (Å²) in [5.41, 5.74) is 3.23. The zero-order valence-corrected chi connectivity index (χ0v) is 12.3. The third-order valence-corrected chi connectivity index (χ3v) is 3.96. The molecule has 0 bridgehead atoms. The molecule has 6 heteroatoms. The van der Waals surface area contributed by atoms with Crippen molar-refractivity contribution in [3.8, 4) is 11.4 Å². The lowest BCUT2D eigenvalue weighted by molar-refractivity contribution is 0.615. The van der Waals surface area contributed by atoms with Crippen molar-refractivity contribution in [2.75, 3.05) is 18.5 Å². The first-order valence-corrected chi connectivity index (χ1v) is 7.05. The predicted octanol–water partition coefficient (Wildman–Crippen LogP) is 3.97. The summed E-state index contributed by atoms with van der Waals surface area (Å²) in [5.74, 6) is -0.438. The molecular formula is C14H12Cl2FN3. The maximum Gasteiger partial charge on any atom is 0.197 e. The lowest BCUT2D eigenvalue weighted by Crippen LogP contribution is -2.24. The lowest BCUT2D eigenvalue weighted by atomic mass is 9.99. The van der Waals surface area contributed by atoms with Gasteiger partial charge in [0.05, 0.1) is 0 Å². The first-order valence-electron chi connectivity index (χ1n) is 6.29. The molecule has 0 atom stereocenters. The Morgan fingerprint density at radius 1 is 1.20 bits per heavy atom. The Balaban J connectivity index is 2.07. The van der Waals surface area contributed by atoms with Crippen LogP contribution in [0.1, 0.15) is 12.0 Å². The largest absolute Gasteiger partial charge is 0.374 e. The summed E-state index contributed by atoms with van der Waals surface area (Å²) in [4.78, 5) is 10.1. The van der Waals surface area contributed by atoms with Gasteiger partial charge in [-0.3, -0.25) is 0 Å². The minimum Gasteiger partial charge on any atom is -0.374 e. The van der Waals surface area contributed by atoms with E-state index in [2.05, 4.69) is 21.9 Å². The Morgan fingerprint density at radius 2 is 1.90 bits per heavy atom. The van der Waals surface area contributed by atoms with Crippen LogP contribution in [-0.2, 0) is 6.42 Å². The molecule has 1 aromatic heterocycles. The maximum atomic E-state index is 13.4. The molecule has 0 radical (unpaired) electrons. The zero-order chi connectivity index (χ0) is 14.3. The number of fused-ring (bicyclic) bond motifs is 1. The minimum atomic E-state index is -0.783. The summed E-state index contributed by atoms with van der Waals surface area (Å²) in [7, 11) is 2.07. The number of rotatable bonds is 1. The molecule has 0 amide bonds. The van der Waals surface area contributed by atoms with Gasteiger partial charge in [-0.25, -0.2) is 14.4 Å². The van der Waals surface area contributed by atoms with E-state index < -0.39 is 5.82 Å². The molecule has 2 aromatic rings. The van der Waals surface area contributed by atoms with Crippen LogP contribution < -0.4 is 4.90 Å². The fourth-order valence-electron chi connectivity index (χ4n) is 2.45. The normalized spacial score (nSPS) is 14.3. The topological polar surface area (TPSA) is 29.0 Å². The van der Waals surface area contributed by atoms with Crippen LogP contribution in [0.4, 0.5) is 10.1 Å². The number of halogens is 3. The molecule has 1 aliphatic heterocycles. The molecule has 0 saturated carbocycles. The van der Waals surface area contributed by atoms with Crippen LogP contribution in [0.15, 0.2) is 18.2 Å². The van der Waals surface area contributed by atoms with E-state index in [1.807, 2.05) is 18.2 Å². The average molecular weight is 312 g/mol. The molecule has 104 valence electrons. The predicted molar refractivity (Wildman–Crippen MR) is 79.0 cm³/mol. The van der Waals surface area contributed by atoms with Crippen molar-refractivity contribution in [2.24, 2.45) is 0 Å². The maximum absolute atomic E-state index is 13.4. The highest BCUT2D eigenvalue weighted by Gasteiger charge is 2.17. The quantitative estimate of drug-likeness (QED) is 0.746. The lowest BCUT2D eigenvalue weighted by Gasteiger charge is -2.27. The van der Waals surface area contributed by atoms with Gasteiger partial charge in [-0.1, -0.05) is 23.2 Å². The van der Waals surface area contributed by atoms with Gasteiger partial charge in [-0.15, -0.1) is 0 Å². The first kappa shape index (κ1) is 13.6. The van der Waals surface area contributed by atoms with E-state index in [0.29, 0.717) is 5.82 Å². The Kier molecular flexibility index (Phi) is 3.52. The van der Waals surface area contributed by atoms with E-state index in [-0.39, 0.29) is 10.3 Å². The third-order valence-electron chi connectivity index (χ3n) is 3.46. The molecule has 0 aliphatic carbocycles. The summed E-state index contributed by atoms with van der Waals surface area (Å²) < 4.78 is 13.4. The summed E-state index contributed by atoms with van der Waals surface area (Å²) >= 11 is 11.4. The van der Waals surface area contributed by atoms with E-state index in [4.69, 9.17) is 23.2 Å². The van der Waals surface area contributed by atoms with Gasteiger partial charge in [0, 0.05) is 24.8 Å². The highest BCUT2D eigenvalue weighted by Crippen LogP contribution is 2.31. The molecule has 1 aliphatic rings. The van der Waals surface area contributed by atoms with Gasteiger partial charge in [0.25, 0.3) is 0 Å². The molecule has 0 N–H and O–H groups in total. The smallest absolute Gasteiger partial charge is 0.197 e. The molecule has 3 nitrogen and oxygen atoms in total. The zero-order valence-electron chi connectivity index (χ0n) is 10.8. The Bertz CT molecular complexity index is 652. The summed E-state index contributed by atoms with van der Waals surface area (Å²) in [6.07, 6.45) is 2.12. The van der Waals surface area contributed by atoms with Crippen molar-refractivity contribution < 1.29 is 4.39 Å². The Labute approximate surface area is 126 Å². The van der Waals surface area contributed by atoms with Gasteiger partial charge in [0.1, 0.15) is 0 Å². The number of aromatic nitrogens is 2. The van der Waals surface area contributed by atoms with Gasteiger partial charge in [-0.2, -0.15) is 0 Å². The van der Waals surface area contributed by atoms with Crippen molar-refractivity contribution >= 4 is 28.9 Å². The van der Waals surface area contributed by atoms with Crippen LogP contribution in [0.3, 0.4) is 0 Å². The van der Waals surface area contributed by atoms with Crippen molar-refractivity contribution in [1.82, 2.24) is 9.97 Å². The third kappa shape index (κ3) is 2.34. The Hall–Kier alpha value is -1.39. The van der Waals surface area contributed by atoms with Gasteiger partial charge < -0.3 is 4.90 Å². The fourth-order valence-corrected chi connectivity index (χ4v) is 2.84. The molecule has 20 heavy (non-hydrogen) atoms. The number of nitrogens with zero attached hydrogens (tertiary/aromatic N) is 3. The molecule has 2 heterocycles.